The number of fused-ring (bicyclic) bond motifs is 1. The fraction of sp³-hybridized carbons (Fsp3) is 0.333. The molecule has 0 bridgehead atoms. The molecule has 0 saturated carbocycles. The first-order chi connectivity index (χ1) is 11.8. The Morgan fingerprint density at radius 3 is 2.56 bits per heavy atom. The van der Waals surface area contributed by atoms with Gasteiger partial charge < -0.3 is 0 Å². The summed E-state index contributed by atoms with van der Waals surface area (Å²) < 4.78 is 27.8. The van der Waals surface area contributed by atoms with Crippen LogP contribution in [-0.4, -0.2) is 13.3 Å². The number of hydrogen-bond acceptors (Lipinski definition) is 4. The van der Waals surface area contributed by atoms with Crippen LogP contribution in [0.4, 0.5) is 5.69 Å². The van der Waals surface area contributed by atoms with Crippen LogP contribution in [0, 0.1) is 17.0 Å². The molecular formula is C18H20N2O4S. The second-order valence-corrected chi connectivity index (χ2v) is 8.14. The number of aryl methyl sites for hydroxylation is 3. The summed E-state index contributed by atoms with van der Waals surface area (Å²) in [5.41, 5.74) is 3.72. The topological polar surface area (TPSA) is 89.3 Å². The summed E-state index contributed by atoms with van der Waals surface area (Å²) in [7, 11) is -3.85. The smallest absolute Gasteiger partial charge is 0.258 e. The summed E-state index contributed by atoms with van der Waals surface area (Å²) in [6, 6.07) is 9.57. The van der Waals surface area contributed by atoms with Crippen molar-refractivity contribution in [1.82, 2.24) is 4.72 Å². The highest BCUT2D eigenvalue weighted by Crippen LogP contribution is 2.27. The summed E-state index contributed by atoms with van der Waals surface area (Å²) in [5, 5.41) is 11.0. The van der Waals surface area contributed by atoms with Gasteiger partial charge in [0.15, 0.2) is 0 Å². The Bertz CT molecular complexity index is 938. The predicted octanol–water partition coefficient (Wildman–Crippen LogP) is 3.43. The Hall–Kier alpha value is -2.25. The van der Waals surface area contributed by atoms with Gasteiger partial charge in [-0.25, -0.2) is 13.1 Å². The van der Waals surface area contributed by atoms with Crippen LogP contribution in [0.1, 0.15) is 41.6 Å². The molecule has 7 heteroatoms. The minimum atomic E-state index is -3.85. The maximum absolute atomic E-state index is 12.6. The number of rotatable bonds is 5. The fourth-order valence-corrected chi connectivity index (χ4v) is 4.43. The molecule has 132 valence electrons. The Morgan fingerprint density at radius 2 is 1.84 bits per heavy atom. The monoisotopic (exact) mass is 360 g/mol. The molecule has 0 unspecified atom stereocenters. The van der Waals surface area contributed by atoms with E-state index in [-0.39, 0.29) is 10.6 Å². The van der Waals surface area contributed by atoms with Gasteiger partial charge in [0.2, 0.25) is 10.0 Å². The van der Waals surface area contributed by atoms with Crippen molar-refractivity contribution in [1.29, 1.82) is 0 Å². The molecule has 0 fully saturated rings. The average Bonchev–Trinajstić information content (AvgIpc) is 3.01. The Balaban J connectivity index is 1.86. The molecule has 0 amide bonds. The molecule has 0 spiro atoms. The minimum Gasteiger partial charge on any atom is -0.258 e. The lowest BCUT2D eigenvalue weighted by atomic mass is 10.0. The standard InChI is InChI=1S/C18H20N2O4S/c1-12-6-9-17(11-18(12)20(21)22)25(23,24)19-13(2)15-8-7-14-4-3-5-16(14)10-15/h6-11,13,19H,3-5H2,1-2H3/t13-/m1/s1. The lowest BCUT2D eigenvalue weighted by molar-refractivity contribution is -0.385. The lowest BCUT2D eigenvalue weighted by Crippen LogP contribution is -2.27. The zero-order valence-electron chi connectivity index (χ0n) is 14.2. The van der Waals surface area contributed by atoms with E-state index in [9.17, 15) is 18.5 Å². The maximum atomic E-state index is 12.6. The van der Waals surface area contributed by atoms with Crippen LogP contribution in [0.2, 0.25) is 0 Å². The van der Waals surface area contributed by atoms with Crippen molar-refractivity contribution in [2.24, 2.45) is 0 Å². The third-order valence-electron chi connectivity index (χ3n) is 4.64. The number of nitro benzene ring substituents is 1. The summed E-state index contributed by atoms with van der Waals surface area (Å²) in [4.78, 5) is 10.4. The van der Waals surface area contributed by atoms with Crippen LogP contribution in [0.5, 0.6) is 0 Å². The Morgan fingerprint density at radius 1 is 1.12 bits per heavy atom. The van der Waals surface area contributed by atoms with E-state index in [2.05, 4.69) is 10.8 Å². The number of sulfonamides is 1. The van der Waals surface area contributed by atoms with Gasteiger partial charge in [-0.2, -0.15) is 0 Å². The third-order valence-corrected chi connectivity index (χ3v) is 6.18. The van der Waals surface area contributed by atoms with Gasteiger partial charge in [0.05, 0.1) is 9.82 Å². The van der Waals surface area contributed by atoms with Crippen LogP contribution in [0.15, 0.2) is 41.3 Å². The van der Waals surface area contributed by atoms with E-state index in [0.717, 1.165) is 30.9 Å². The highest BCUT2D eigenvalue weighted by atomic mass is 32.2. The van der Waals surface area contributed by atoms with Crippen LogP contribution >= 0.6 is 0 Å². The van der Waals surface area contributed by atoms with Crippen molar-refractivity contribution in [3.63, 3.8) is 0 Å². The predicted molar refractivity (Wildman–Crippen MR) is 95.0 cm³/mol. The molecule has 0 aromatic heterocycles. The van der Waals surface area contributed by atoms with Crippen molar-refractivity contribution in [3.8, 4) is 0 Å². The van der Waals surface area contributed by atoms with E-state index in [1.165, 1.54) is 23.3 Å². The van der Waals surface area contributed by atoms with Crippen LogP contribution in [0.25, 0.3) is 0 Å². The van der Waals surface area contributed by atoms with E-state index in [1.54, 1.807) is 13.8 Å². The van der Waals surface area contributed by atoms with Crippen molar-refractivity contribution >= 4 is 15.7 Å². The summed E-state index contributed by atoms with van der Waals surface area (Å²) in [6.07, 6.45) is 3.22. The molecule has 0 saturated heterocycles. The second kappa shape index (κ2) is 6.57. The molecule has 0 radical (unpaired) electrons. The van der Waals surface area contributed by atoms with E-state index < -0.39 is 21.0 Å². The SMILES string of the molecule is Cc1ccc(S(=O)(=O)N[C@H](C)c2ccc3c(c2)CCC3)cc1[N+](=O)[O-]. The molecule has 0 heterocycles. The molecule has 25 heavy (non-hydrogen) atoms. The molecule has 2 aromatic carbocycles. The number of nitro groups is 1. The first-order valence-corrected chi connectivity index (χ1v) is 9.65. The lowest BCUT2D eigenvalue weighted by Gasteiger charge is -2.16. The van der Waals surface area contributed by atoms with Crippen LogP contribution < -0.4 is 4.72 Å². The molecule has 1 aliphatic carbocycles. The molecule has 0 aliphatic heterocycles. The van der Waals surface area contributed by atoms with E-state index >= 15 is 0 Å². The van der Waals surface area contributed by atoms with Crippen molar-refractivity contribution in [2.75, 3.05) is 0 Å². The molecule has 6 nitrogen and oxygen atoms in total. The Labute approximate surface area is 147 Å². The quantitative estimate of drug-likeness (QED) is 0.653. The van der Waals surface area contributed by atoms with Crippen molar-refractivity contribution in [2.45, 2.75) is 44.0 Å². The zero-order valence-corrected chi connectivity index (χ0v) is 15.0. The van der Waals surface area contributed by atoms with Crippen LogP contribution in [-0.2, 0) is 22.9 Å². The van der Waals surface area contributed by atoms with E-state index in [4.69, 9.17) is 0 Å². The summed E-state index contributed by atoms with van der Waals surface area (Å²) in [5.74, 6) is 0. The first-order valence-electron chi connectivity index (χ1n) is 8.17. The number of nitrogens with zero attached hydrogens (tertiary/aromatic N) is 1. The number of nitrogens with one attached hydrogen (secondary N) is 1. The van der Waals surface area contributed by atoms with Crippen molar-refractivity contribution in [3.05, 3.63) is 68.8 Å². The zero-order chi connectivity index (χ0) is 18.2. The highest BCUT2D eigenvalue weighted by molar-refractivity contribution is 7.89. The number of benzene rings is 2. The van der Waals surface area contributed by atoms with Gasteiger partial charge in [-0.15, -0.1) is 0 Å². The Kier molecular flexibility index (Phi) is 4.62. The molecule has 1 N–H and O–H groups in total. The third kappa shape index (κ3) is 3.57. The largest absolute Gasteiger partial charge is 0.273 e. The van der Waals surface area contributed by atoms with Gasteiger partial charge in [0.1, 0.15) is 0 Å². The van der Waals surface area contributed by atoms with Gasteiger partial charge in [-0.05, 0) is 55.9 Å². The van der Waals surface area contributed by atoms with Gasteiger partial charge >= 0.3 is 0 Å². The van der Waals surface area contributed by atoms with Gasteiger partial charge in [0, 0.05) is 17.7 Å². The van der Waals surface area contributed by atoms with Crippen molar-refractivity contribution < 1.29 is 13.3 Å². The van der Waals surface area contributed by atoms with E-state index in [0.29, 0.717) is 5.56 Å². The van der Waals surface area contributed by atoms with Gasteiger partial charge in [-0.3, -0.25) is 10.1 Å². The fourth-order valence-electron chi connectivity index (χ4n) is 3.18. The minimum absolute atomic E-state index is 0.0992. The average molecular weight is 360 g/mol. The maximum Gasteiger partial charge on any atom is 0.273 e. The first kappa shape index (κ1) is 17.6. The number of hydrogen-bond donors (Lipinski definition) is 1. The molecule has 3 rings (SSSR count). The molecule has 1 atom stereocenters. The molecular weight excluding hydrogens is 340 g/mol. The summed E-state index contributed by atoms with van der Waals surface area (Å²) in [6.45, 7) is 3.35. The normalized spacial score (nSPS) is 15.0. The summed E-state index contributed by atoms with van der Waals surface area (Å²) >= 11 is 0. The second-order valence-electron chi connectivity index (χ2n) is 6.43. The van der Waals surface area contributed by atoms with Crippen LogP contribution in [0.3, 0.4) is 0 Å². The highest BCUT2D eigenvalue weighted by Gasteiger charge is 2.23. The molecule has 2 aromatic rings. The molecule has 1 aliphatic rings. The van der Waals surface area contributed by atoms with E-state index in [1.807, 2.05) is 12.1 Å². The van der Waals surface area contributed by atoms with Gasteiger partial charge in [0.25, 0.3) is 5.69 Å². The van der Waals surface area contributed by atoms with Gasteiger partial charge in [-0.1, -0.05) is 24.3 Å².